The highest BCUT2D eigenvalue weighted by atomic mass is 79.9. The summed E-state index contributed by atoms with van der Waals surface area (Å²) in [4.78, 5) is 12.6. The number of carbonyl (C=O) groups is 1. The predicted octanol–water partition coefficient (Wildman–Crippen LogP) is 2.93. The summed E-state index contributed by atoms with van der Waals surface area (Å²) in [5.74, 6) is -0.277. The summed E-state index contributed by atoms with van der Waals surface area (Å²) in [6.07, 6.45) is 1.09. The highest BCUT2D eigenvalue weighted by Gasteiger charge is 2.13. The third-order valence-electron chi connectivity index (χ3n) is 2.81. The molecule has 2 N–H and O–H groups in total. The van der Waals surface area contributed by atoms with Crippen LogP contribution in [0.2, 0.25) is 0 Å². The van der Waals surface area contributed by atoms with Crippen molar-refractivity contribution in [3.8, 4) is 0 Å². The highest BCUT2D eigenvalue weighted by Crippen LogP contribution is 2.26. The van der Waals surface area contributed by atoms with Crippen molar-refractivity contribution >= 4 is 27.5 Å². The van der Waals surface area contributed by atoms with E-state index in [9.17, 15) is 9.18 Å². The predicted molar refractivity (Wildman–Crippen MR) is 75.0 cm³/mol. The minimum absolute atomic E-state index is 0.262. The van der Waals surface area contributed by atoms with E-state index in [1.807, 2.05) is 18.9 Å². The molecule has 100 valence electrons. The lowest BCUT2D eigenvalue weighted by Gasteiger charge is -2.24. The number of nitrogens with two attached hydrogens (primary N) is 1. The lowest BCUT2D eigenvalue weighted by atomic mass is 10.0. The molecule has 5 heteroatoms. The molecule has 0 aliphatic rings. The Kier molecular flexibility index (Phi) is 5.59. The number of anilines is 1. The molecule has 0 heterocycles. The Balaban J connectivity index is 2.62. The molecule has 0 aliphatic carbocycles. The largest absolute Gasteiger partial charge is 0.372 e. The van der Waals surface area contributed by atoms with Crippen molar-refractivity contribution in [2.24, 2.45) is 11.7 Å². The smallest absolute Gasteiger partial charge is 0.217 e. The van der Waals surface area contributed by atoms with E-state index in [4.69, 9.17) is 5.73 Å². The molecule has 1 amide bonds. The summed E-state index contributed by atoms with van der Waals surface area (Å²) in [5.41, 5.74) is 5.66. The van der Waals surface area contributed by atoms with E-state index >= 15 is 0 Å². The van der Waals surface area contributed by atoms with Gasteiger partial charge in [0, 0.05) is 20.0 Å². The van der Waals surface area contributed by atoms with Gasteiger partial charge in [-0.3, -0.25) is 4.79 Å². The minimum Gasteiger partial charge on any atom is -0.372 e. The van der Waals surface area contributed by atoms with E-state index in [1.54, 1.807) is 18.2 Å². The van der Waals surface area contributed by atoms with Crippen molar-refractivity contribution in [3.05, 3.63) is 28.5 Å². The van der Waals surface area contributed by atoms with Crippen molar-refractivity contribution < 1.29 is 9.18 Å². The van der Waals surface area contributed by atoms with Crippen LogP contribution < -0.4 is 10.6 Å². The van der Waals surface area contributed by atoms with Gasteiger partial charge in [0.05, 0.1) is 10.2 Å². The first kappa shape index (κ1) is 15.0. The first-order valence-corrected chi connectivity index (χ1v) is 6.64. The van der Waals surface area contributed by atoms with Crippen LogP contribution in [0.5, 0.6) is 0 Å². The van der Waals surface area contributed by atoms with Crippen molar-refractivity contribution in [3.63, 3.8) is 0 Å². The summed E-state index contributed by atoms with van der Waals surface area (Å²) in [5, 5.41) is 0. The number of carbonyl (C=O) groups excluding carboxylic acids is 1. The first-order chi connectivity index (χ1) is 8.41. The molecule has 1 aromatic rings. The Labute approximate surface area is 115 Å². The van der Waals surface area contributed by atoms with Crippen molar-refractivity contribution in [1.29, 1.82) is 0 Å². The minimum atomic E-state index is -0.293. The van der Waals surface area contributed by atoms with Gasteiger partial charge in [-0.15, -0.1) is 0 Å². The van der Waals surface area contributed by atoms with Crippen LogP contribution in [0.3, 0.4) is 0 Å². The molecule has 1 atom stereocenters. The number of rotatable bonds is 6. The van der Waals surface area contributed by atoms with Crippen LogP contribution in [-0.2, 0) is 4.79 Å². The third-order valence-corrected chi connectivity index (χ3v) is 3.42. The van der Waals surface area contributed by atoms with E-state index in [0.29, 0.717) is 23.1 Å². The molecule has 0 spiro atoms. The number of hydrogen-bond acceptors (Lipinski definition) is 2. The van der Waals surface area contributed by atoms with Gasteiger partial charge in [-0.2, -0.15) is 0 Å². The zero-order valence-corrected chi connectivity index (χ0v) is 12.2. The van der Waals surface area contributed by atoms with E-state index < -0.39 is 0 Å². The quantitative estimate of drug-likeness (QED) is 0.877. The Hall–Kier alpha value is -1.10. The fraction of sp³-hybridized carbons (Fsp3) is 0.462. The number of nitrogens with zero attached hydrogens (tertiary/aromatic N) is 1. The van der Waals surface area contributed by atoms with Gasteiger partial charge in [-0.1, -0.05) is 13.0 Å². The molecule has 3 nitrogen and oxygen atoms in total. The van der Waals surface area contributed by atoms with Gasteiger partial charge in [-0.05, 0) is 40.4 Å². The monoisotopic (exact) mass is 316 g/mol. The Morgan fingerprint density at radius 2 is 2.22 bits per heavy atom. The molecule has 0 radical (unpaired) electrons. The number of amides is 1. The number of benzene rings is 1. The maximum Gasteiger partial charge on any atom is 0.217 e. The average Bonchev–Trinajstić information content (AvgIpc) is 2.30. The molecule has 0 saturated heterocycles. The molecule has 0 aliphatic heterocycles. The maximum atomic E-state index is 13.9. The van der Waals surface area contributed by atoms with E-state index in [0.717, 1.165) is 6.42 Å². The number of primary amides is 1. The van der Waals surface area contributed by atoms with Gasteiger partial charge >= 0.3 is 0 Å². The standard InChI is InChI=1S/C13H18BrFN2O/c1-9(6-7-12(16)18)8-17(2)11-5-3-4-10(14)13(11)15/h3-5,9H,6-8H2,1-2H3,(H2,16,18)/t9-/m0/s1. The van der Waals surface area contributed by atoms with E-state index in [2.05, 4.69) is 15.9 Å². The highest BCUT2D eigenvalue weighted by molar-refractivity contribution is 9.10. The molecule has 0 bridgehead atoms. The number of hydrogen-bond donors (Lipinski definition) is 1. The van der Waals surface area contributed by atoms with Gasteiger partial charge < -0.3 is 10.6 Å². The van der Waals surface area contributed by atoms with Crippen LogP contribution in [-0.4, -0.2) is 19.5 Å². The average molecular weight is 317 g/mol. The van der Waals surface area contributed by atoms with Crippen LogP contribution in [0, 0.1) is 11.7 Å². The van der Waals surface area contributed by atoms with Crippen molar-refractivity contribution in [2.45, 2.75) is 19.8 Å². The van der Waals surface area contributed by atoms with Crippen LogP contribution >= 0.6 is 15.9 Å². The van der Waals surface area contributed by atoms with Crippen molar-refractivity contribution in [2.75, 3.05) is 18.5 Å². The third kappa shape index (κ3) is 4.29. The zero-order chi connectivity index (χ0) is 13.7. The van der Waals surface area contributed by atoms with Gasteiger partial charge in [-0.25, -0.2) is 4.39 Å². The summed E-state index contributed by atoms with van der Waals surface area (Å²) in [7, 11) is 1.84. The molecule has 0 unspecified atom stereocenters. The lowest BCUT2D eigenvalue weighted by molar-refractivity contribution is -0.118. The van der Waals surface area contributed by atoms with Crippen LogP contribution in [0.4, 0.5) is 10.1 Å². The maximum absolute atomic E-state index is 13.9. The number of halogens is 2. The SMILES string of the molecule is C[C@@H](CCC(N)=O)CN(C)c1cccc(Br)c1F. The Morgan fingerprint density at radius 1 is 1.56 bits per heavy atom. The molecule has 0 saturated carbocycles. The van der Waals surface area contributed by atoms with Crippen molar-refractivity contribution in [1.82, 2.24) is 0 Å². The fourth-order valence-corrected chi connectivity index (χ4v) is 2.19. The second-order valence-corrected chi connectivity index (χ2v) is 5.42. The Bertz CT molecular complexity index is 425. The van der Waals surface area contributed by atoms with Gasteiger partial charge in [0.15, 0.2) is 5.82 Å². The van der Waals surface area contributed by atoms with Crippen LogP contribution in [0.15, 0.2) is 22.7 Å². The first-order valence-electron chi connectivity index (χ1n) is 5.85. The summed E-state index contributed by atoms with van der Waals surface area (Å²) < 4.78 is 14.3. The fourth-order valence-electron chi connectivity index (χ4n) is 1.83. The van der Waals surface area contributed by atoms with Gasteiger partial charge in [0.2, 0.25) is 5.91 Å². The second kappa shape index (κ2) is 6.73. The molecule has 0 aromatic heterocycles. The molecule has 1 rings (SSSR count). The van der Waals surface area contributed by atoms with Gasteiger partial charge in [0.25, 0.3) is 0 Å². The zero-order valence-electron chi connectivity index (χ0n) is 10.6. The van der Waals surface area contributed by atoms with Crippen LogP contribution in [0.25, 0.3) is 0 Å². The second-order valence-electron chi connectivity index (χ2n) is 4.56. The molecular formula is C13H18BrFN2O. The summed E-state index contributed by atoms with van der Waals surface area (Å²) in [6.45, 7) is 2.70. The van der Waals surface area contributed by atoms with Gasteiger partial charge in [0.1, 0.15) is 0 Å². The lowest BCUT2D eigenvalue weighted by Crippen LogP contribution is -2.25. The topological polar surface area (TPSA) is 46.3 Å². The Morgan fingerprint density at radius 3 is 2.83 bits per heavy atom. The van der Waals surface area contributed by atoms with Crippen LogP contribution in [0.1, 0.15) is 19.8 Å². The van der Waals surface area contributed by atoms with E-state index in [1.165, 1.54) is 0 Å². The van der Waals surface area contributed by atoms with E-state index in [-0.39, 0.29) is 17.6 Å². The molecule has 18 heavy (non-hydrogen) atoms. The normalized spacial score (nSPS) is 12.2. The molecule has 1 aromatic carbocycles. The summed E-state index contributed by atoms with van der Waals surface area (Å²) >= 11 is 3.17. The summed E-state index contributed by atoms with van der Waals surface area (Å²) in [6, 6.07) is 5.21. The molecule has 0 fully saturated rings. The molecular weight excluding hydrogens is 299 g/mol.